The van der Waals surface area contributed by atoms with Crippen molar-refractivity contribution in [3.05, 3.63) is 60.2 Å². The predicted molar refractivity (Wildman–Crippen MR) is 76.3 cm³/mol. The van der Waals surface area contributed by atoms with Crippen LogP contribution >= 0.6 is 0 Å². The highest BCUT2D eigenvalue weighted by Crippen LogP contribution is 2.22. The second-order valence-electron chi connectivity index (χ2n) is 4.39. The zero-order chi connectivity index (χ0) is 14.5. The largest absolute Gasteiger partial charge is 0.508 e. The quantitative estimate of drug-likeness (QED) is 0.928. The number of rotatable bonds is 3. The number of amides is 1. The van der Waals surface area contributed by atoms with Crippen LogP contribution in [0.1, 0.15) is 11.5 Å². The number of benzene rings is 2. The number of nitriles is 1. The first-order valence-electron chi connectivity index (χ1n) is 6.14. The zero-order valence-electron chi connectivity index (χ0n) is 11.0. The zero-order valence-corrected chi connectivity index (χ0v) is 11.0. The molecule has 0 aromatic heterocycles. The maximum atomic E-state index is 12.4. The number of aromatic hydroxyl groups is 1. The molecule has 4 heteroatoms. The van der Waals surface area contributed by atoms with Crippen LogP contribution in [0.15, 0.2) is 54.6 Å². The Balaban J connectivity index is 2.25. The minimum atomic E-state index is -0.838. The molecule has 2 aromatic rings. The Labute approximate surface area is 117 Å². The Hall–Kier alpha value is -2.80. The molecule has 2 rings (SSSR count). The molecule has 0 bridgehead atoms. The average molecular weight is 266 g/mol. The molecule has 0 spiro atoms. The van der Waals surface area contributed by atoms with Gasteiger partial charge in [-0.25, -0.2) is 0 Å². The highest BCUT2D eigenvalue weighted by molar-refractivity contribution is 5.99. The first-order valence-corrected chi connectivity index (χ1v) is 6.14. The molecule has 0 saturated carbocycles. The van der Waals surface area contributed by atoms with Gasteiger partial charge in [0.15, 0.2) is 5.92 Å². The lowest BCUT2D eigenvalue weighted by Crippen LogP contribution is -2.31. The van der Waals surface area contributed by atoms with Crippen LogP contribution < -0.4 is 4.90 Å². The molecule has 0 aliphatic heterocycles. The van der Waals surface area contributed by atoms with Gasteiger partial charge in [0, 0.05) is 12.7 Å². The summed E-state index contributed by atoms with van der Waals surface area (Å²) in [4.78, 5) is 13.8. The molecule has 0 fully saturated rings. The van der Waals surface area contributed by atoms with E-state index in [4.69, 9.17) is 0 Å². The van der Waals surface area contributed by atoms with Gasteiger partial charge in [0.05, 0.1) is 6.07 Å². The normalized spacial score (nSPS) is 11.4. The number of anilines is 1. The third-order valence-electron chi connectivity index (χ3n) is 3.08. The number of phenols is 1. The maximum absolute atomic E-state index is 12.4. The molecule has 0 aliphatic carbocycles. The van der Waals surface area contributed by atoms with Crippen molar-refractivity contribution in [3.8, 4) is 11.8 Å². The number of hydrogen-bond donors (Lipinski definition) is 1. The minimum Gasteiger partial charge on any atom is -0.508 e. The lowest BCUT2D eigenvalue weighted by atomic mass is 9.99. The average Bonchev–Trinajstić information content (AvgIpc) is 2.49. The third-order valence-corrected chi connectivity index (χ3v) is 3.08. The van der Waals surface area contributed by atoms with Gasteiger partial charge >= 0.3 is 0 Å². The number of carbonyl (C=O) groups excluding carboxylic acids is 1. The first kappa shape index (κ1) is 13.6. The predicted octanol–water partition coefficient (Wildman–Crippen LogP) is 2.66. The maximum Gasteiger partial charge on any atom is 0.248 e. The topological polar surface area (TPSA) is 64.3 Å². The van der Waals surface area contributed by atoms with Crippen LogP contribution in [0.5, 0.6) is 5.75 Å². The second kappa shape index (κ2) is 5.89. The Bertz CT molecular complexity index is 630. The molecule has 2 aromatic carbocycles. The van der Waals surface area contributed by atoms with Gasteiger partial charge in [0.2, 0.25) is 5.91 Å². The van der Waals surface area contributed by atoms with Crippen LogP contribution in [0.4, 0.5) is 5.69 Å². The van der Waals surface area contributed by atoms with Crippen LogP contribution in [0.25, 0.3) is 0 Å². The summed E-state index contributed by atoms with van der Waals surface area (Å²) in [5, 5.41) is 18.5. The van der Waals surface area contributed by atoms with E-state index < -0.39 is 5.92 Å². The van der Waals surface area contributed by atoms with E-state index in [1.54, 1.807) is 43.4 Å². The van der Waals surface area contributed by atoms with Crippen LogP contribution in [-0.4, -0.2) is 18.1 Å². The smallest absolute Gasteiger partial charge is 0.248 e. The van der Waals surface area contributed by atoms with Crippen molar-refractivity contribution in [1.29, 1.82) is 5.26 Å². The number of carbonyl (C=O) groups is 1. The van der Waals surface area contributed by atoms with E-state index in [0.717, 1.165) is 0 Å². The summed E-state index contributed by atoms with van der Waals surface area (Å²) in [5.41, 5.74) is 1.30. The molecular weight excluding hydrogens is 252 g/mol. The fraction of sp³-hybridized carbons (Fsp3) is 0.125. The van der Waals surface area contributed by atoms with Crippen LogP contribution in [-0.2, 0) is 4.79 Å². The van der Waals surface area contributed by atoms with Crippen molar-refractivity contribution < 1.29 is 9.90 Å². The van der Waals surface area contributed by atoms with Crippen molar-refractivity contribution in [2.45, 2.75) is 5.92 Å². The molecule has 1 N–H and O–H groups in total. The van der Waals surface area contributed by atoms with Gasteiger partial charge in [0.1, 0.15) is 5.75 Å². The van der Waals surface area contributed by atoms with E-state index in [2.05, 4.69) is 0 Å². The summed E-state index contributed by atoms with van der Waals surface area (Å²) in [6.45, 7) is 0. The lowest BCUT2D eigenvalue weighted by molar-refractivity contribution is -0.118. The first-order chi connectivity index (χ1) is 9.63. The SMILES string of the molecule is CN(C(=O)C(C#N)c1ccccc1)c1ccc(O)cc1. The summed E-state index contributed by atoms with van der Waals surface area (Å²) in [5.74, 6) is -1.01. The van der Waals surface area contributed by atoms with E-state index in [0.29, 0.717) is 11.3 Å². The van der Waals surface area contributed by atoms with Crippen molar-refractivity contribution in [2.75, 3.05) is 11.9 Å². The van der Waals surface area contributed by atoms with Crippen LogP contribution in [0.3, 0.4) is 0 Å². The lowest BCUT2D eigenvalue weighted by Gasteiger charge is -2.20. The highest BCUT2D eigenvalue weighted by Gasteiger charge is 2.24. The number of phenolic OH excluding ortho intramolecular Hbond substituents is 1. The molecule has 1 unspecified atom stereocenters. The third kappa shape index (κ3) is 2.78. The van der Waals surface area contributed by atoms with Crippen LogP contribution in [0, 0.1) is 11.3 Å². The summed E-state index contributed by atoms with van der Waals surface area (Å²) in [6.07, 6.45) is 0. The van der Waals surface area contributed by atoms with E-state index in [1.807, 2.05) is 12.1 Å². The summed E-state index contributed by atoms with van der Waals surface area (Å²) >= 11 is 0. The summed E-state index contributed by atoms with van der Waals surface area (Å²) < 4.78 is 0. The summed E-state index contributed by atoms with van der Waals surface area (Å²) in [7, 11) is 1.61. The molecule has 0 saturated heterocycles. The number of likely N-dealkylation sites (N-methyl/N-ethyl adjacent to an activating group) is 1. The molecule has 100 valence electrons. The van der Waals surface area contributed by atoms with Gasteiger partial charge in [-0.15, -0.1) is 0 Å². The van der Waals surface area contributed by atoms with E-state index in [9.17, 15) is 15.2 Å². The molecule has 0 heterocycles. The van der Waals surface area contributed by atoms with Gasteiger partial charge < -0.3 is 10.0 Å². The Morgan fingerprint density at radius 2 is 1.75 bits per heavy atom. The fourth-order valence-corrected chi connectivity index (χ4v) is 1.91. The van der Waals surface area contributed by atoms with Gasteiger partial charge in [-0.1, -0.05) is 30.3 Å². The van der Waals surface area contributed by atoms with E-state index in [1.165, 1.54) is 17.0 Å². The summed E-state index contributed by atoms with van der Waals surface area (Å²) in [6, 6.07) is 17.3. The van der Waals surface area contributed by atoms with Crippen molar-refractivity contribution in [2.24, 2.45) is 0 Å². The molecular formula is C16H14N2O2. The van der Waals surface area contributed by atoms with E-state index in [-0.39, 0.29) is 11.7 Å². The highest BCUT2D eigenvalue weighted by atomic mass is 16.3. The number of nitrogens with zero attached hydrogens (tertiary/aromatic N) is 2. The van der Waals surface area contributed by atoms with Crippen molar-refractivity contribution in [3.63, 3.8) is 0 Å². The molecule has 20 heavy (non-hydrogen) atoms. The van der Waals surface area contributed by atoms with Crippen LogP contribution in [0.2, 0.25) is 0 Å². The Kier molecular flexibility index (Phi) is 4.02. The van der Waals surface area contributed by atoms with Gasteiger partial charge in [-0.3, -0.25) is 4.79 Å². The van der Waals surface area contributed by atoms with Gasteiger partial charge in [0.25, 0.3) is 0 Å². The van der Waals surface area contributed by atoms with Gasteiger partial charge in [-0.2, -0.15) is 5.26 Å². The Morgan fingerprint density at radius 1 is 1.15 bits per heavy atom. The fourth-order valence-electron chi connectivity index (χ4n) is 1.91. The van der Waals surface area contributed by atoms with E-state index >= 15 is 0 Å². The molecule has 1 atom stereocenters. The number of hydrogen-bond acceptors (Lipinski definition) is 3. The molecule has 0 aliphatic rings. The minimum absolute atomic E-state index is 0.134. The van der Waals surface area contributed by atoms with Gasteiger partial charge in [-0.05, 0) is 29.8 Å². The Morgan fingerprint density at radius 3 is 2.30 bits per heavy atom. The second-order valence-corrected chi connectivity index (χ2v) is 4.39. The molecule has 4 nitrogen and oxygen atoms in total. The monoisotopic (exact) mass is 266 g/mol. The van der Waals surface area contributed by atoms with Crippen molar-refractivity contribution >= 4 is 11.6 Å². The molecule has 1 amide bonds. The standard InChI is InChI=1S/C16H14N2O2/c1-18(13-7-9-14(19)10-8-13)16(20)15(11-17)12-5-3-2-4-6-12/h2-10,15,19H,1H3. The molecule has 0 radical (unpaired) electrons. The van der Waals surface area contributed by atoms with Crippen molar-refractivity contribution in [1.82, 2.24) is 0 Å².